The number of phosphoric acid groups is 1. The average Bonchev–Trinajstić information content (AvgIpc) is 2.39. The van der Waals surface area contributed by atoms with Gasteiger partial charge in [-0.15, -0.1) is 0 Å². The van der Waals surface area contributed by atoms with E-state index in [2.05, 4.69) is 0 Å². The van der Waals surface area contributed by atoms with Gasteiger partial charge in [-0.05, 0) is 13.8 Å². The molecule has 0 amide bonds. The minimum atomic E-state index is -4.24. The highest BCUT2D eigenvalue weighted by Gasteiger charge is 2.26. The molecular weight excluding hydrogens is 303 g/mol. The van der Waals surface area contributed by atoms with Gasteiger partial charge < -0.3 is 14.4 Å². The quantitative estimate of drug-likeness (QED) is 0.478. The average molecular weight is 326 g/mol. The zero-order chi connectivity index (χ0) is 16.5. The molecule has 21 heavy (non-hydrogen) atoms. The SMILES string of the molecule is CCC(=O)OCC(COP(=O)(O)OC(C)C)OC(=O)CC. The minimum Gasteiger partial charge on any atom is -0.462 e. The minimum absolute atomic E-state index is 0.123. The molecule has 0 aromatic rings. The molecular formula is C12H23O8P. The fourth-order valence-corrected chi connectivity index (χ4v) is 2.10. The molecule has 0 aliphatic rings. The van der Waals surface area contributed by atoms with Gasteiger partial charge in [0.1, 0.15) is 6.61 Å². The lowest BCUT2D eigenvalue weighted by atomic mass is 10.4. The fraction of sp³-hybridized carbons (Fsp3) is 0.833. The van der Waals surface area contributed by atoms with Crippen molar-refractivity contribution in [3.63, 3.8) is 0 Å². The second-order valence-electron chi connectivity index (χ2n) is 4.42. The fourth-order valence-electron chi connectivity index (χ4n) is 1.15. The first-order valence-electron chi connectivity index (χ1n) is 6.71. The van der Waals surface area contributed by atoms with Crippen LogP contribution in [0.3, 0.4) is 0 Å². The molecule has 0 aliphatic heterocycles. The predicted molar refractivity (Wildman–Crippen MR) is 73.4 cm³/mol. The summed E-state index contributed by atoms with van der Waals surface area (Å²) in [6, 6.07) is 0. The zero-order valence-electron chi connectivity index (χ0n) is 12.7. The summed E-state index contributed by atoms with van der Waals surface area (Å²) in [5.41, 5.74) is 0. The molecule has 0 bridgehead atoms. The Hall–Kier alpha value is -0.950. The van der Waals surface area contributed by atoms with Crippen molar-refractivity contribution in [1.29, 1.82) is 0 Å². The summed E-state index contributed by atoms with van der Waals surface area (Å²) in [5, 5.41) is 0. The highest BCUT2D eigenvalue weighted by atomic mass is 31.2. The van der Waals surface area contributed by atoms with Crippen molar-refractivity contribution in [1.82, 2.24) is 0 Å². The van der Waals surface area contributed by atoms with Gasteiger partial charge in [0, 0.05) is 12.8 Å². The summed E-state index contributed by atoms with van der Waals surface area (Å²) in [4.78, 5) is 31.8. The molecule has 0 aromatic carbocycles. The van der Waals surface area contributed by atoms with Crippen LogP contribution < -0.4 is 0 Å². The number of hydrogen-bond donors (Lipinski definition) is 1. The van der Waals surface area contributed by atoms with E-state index in [1.54, 1.807) is 27.7 Å². The lowest BCUT2D eigenvalue weighted by molar-refractivity contribution is -0.160. The van der Waals surface area contributed by atoms with E-state index in [1.165, 1.54) is 0 Å². The largest absolute Gasteiger partial charge is 0.472 e. The number of phosphoric ester groups is 1. The first-order valence-corrected chi connectivity index (χ1v) is 8.20. The summed E-state index contributed by atoms with van der Waals surface area (Å²) in [5.74, 6) is -1.01. The van der Waals surface area contributed by atoms with E-state index in [0.29, 0.717) is 0 Å². The van der Waals surface area contributed by atoms with Gasteiger partial charge in [0.2, 0.25) is 0 Å². The lowest BCUT2D eigenvalue weighted by Gasteiger charge is -2.20. The van der Waals surface area contributed by atoms with Crippen LogP contribution in [0.25, 0.3) is 0 Å². The number of ether oxygens (including phenoxy) is 2. The normalized spacial score (nSPS) is 15.3. The Balaban J connectivity index is 4.48. The topological polar surface area (TPSA) is 108 Å². The summed E-state index contributed by atoms with van der Waals surface area (Å²) >= 11 is 0. The molecule has 0 aromatic heterocycles. The molecule has 0 spiro atoms. The van der Waals surface area contributed by atoms with Crippen LogP contribution in [0.1, 0.15) is 40.5 Å². The van der Waals surface area contributed by atoms with Gasteiger partial charge in [0.05, 0.1) is 12.7 Å². The van der Waals surface area contributed by atoms with E-state index in [4.69, 9.17) is 18.5 Å². The van der Waals surface area contributed by atoms with E-state index in [9.17, 15) is 19.0 Å². The Bertz CT molecular complexity index is 381. The highest BCUT2D eigenvalue weighted by molar-refractivity contribution is 7.47. The Morgan fingerprint density at radius 1 is 1.10 bits per heavy atom. The molecule has 0 radical (unpaired) electrons. The molecule has 0 heterocycles. The lowest BCUT2D eigenvalue weighted by Crippen LogP contribution is -2.29. The Morgan fingerprint density at radius 3 is 2.14 bits per heavy atom. The second kappa shape index (κ2) is 9.89. The summed E-state index contributed by atoms with van der Waals surface area (Å²) < 4.78 is 30.8. The van der Waals surface area contributed by atoms with Gasteiger partial charge in [-0.1, -0.05) is 13.8 Å². The van der Waals surface area contributed by atoms with Gasteiger partial charge in [-0.2, -0.15) is 0 Å². The second-order valence-corrected chi connectivity index (χ2v) is 5.83. The molecule has 0 rings (SSSR count). The van der Waals surface area contributed by atoms with Crippen LogP contribution in [-0.2, 0) is 32.7 Å². The van der Waals surface area contributed by atoms with Crippen molar-refractivity contribution in [2.75, 3.05) is 13.2 Å². The number of rotatable bonds is 10. The summed E-state index contributed by atoms with van der Waals surface area (Å²) in [7, 11) is -4.24. The van der Waals surface area contributed by atoms with Crippen LogP contribution in [0.15, 0.2) is 0 Å². The maximum atomic E-state index is 11.5. The van der Waals surface area contributed by atoms with Gasteiger partial charge in [0.15, 0.2) is 6.10 Å². The molecule has 124 valence electrons. The van der Waals surface area contributed by atoms with Crippen LogP contribution in [0.4, 0.5) is 0 Å². The van der Waals surface area contributed by atoms with E-state index < -0.39 is 38.6 Å². The molecule has 2 unspecified atom stereocenters. The summed E-state index contributed by atoms with van der Waals surface area (Å²) in [6.07, 6.45) is -1.18. The van der Waals surface area contributed by atoms with Gasteiger partial charge >= 0.3 is 19.8 Å². The molecule has 0 saturated carbocycles. The number of hydrogen-bond acceptors (Lipinski definition) is 7. The van der Waals surface area contributed by atoms with Crippen molar-refractivity contribution < 1.29 is 37.6 Å². The third-order valence-electron chi connectivity index (χ3n) is 2.07. The van der Waals surface area contributed by atoms with Gasteiger partial charge in [-0.3, -0.25) is 18.6 Å². The van der Waals surface area contributed by atoms with Crippen molar-refractivity contribution in [3.05, 3.63) is 0 Å². The van der Waals surface area contributed by atoms with Crippen molar-refractivity contribution >= 4 is 19.8 Å². The van der Waals surface area contributed by atoms with E-state index in [0.717, 1.165) is 0 Å². The van der Waals surface area contributed by atoms with Crippen LogP contribution in [0.5, 0.6) is 0 Å². The van der Waals surface area contributed by atoms with Gasteiger partial charge in [0.25, 0.3) is 0 Å². The van der Waals surface area contributed by atoms with Crippen molar-refractivity contribution in [3.8, 4) is 0 Å². The van der Waals surface area contributed by atoms with Crippen molar-refractivity contribution in [2.24, 2.45) is 0 Å². The van der Waals surface area contributed by atoms with Gasteiger partial charge in [-0.25, -0.2) is 4.57 Å². The molecule has 8 nitrogen and oxygen atoms in total. The number of carbonyl (C=O) groups excluding carboxylic acids is 2. The maximum absolute atomic E-state index is 11.5. The molecule has 2 atom stereocenters. The number of esters is 2. The van der Waals surface area contributed by atoms with E-state index >= 15 is 0 Å². The molecule has 1 N–H and O–H groups in total. The molecule has 0 aliphatic carbocycles. The third kappa shape index (κ3) is 10.4. The van der Waals surface area contributed by atoms with Crippen molar-refractivity contribution in [2.45, 2.75) is 52.7 Å². The highest BCUT2D eigenvalue weighted by Crippen LogP contribution is 2.44. The van der Waals surface area contributed by atoms with Crippen LogP contribution >= 0.6 is 7.82 Å². The smallest absolute Gasteiger partial charge is 0.462 e. The first-order chi connectivity index (χ1) is 9.70. The molecule has 0 saturated heterocycles. The maximum Gasteiger partial charge on any atom is 0.472 e. The van der Waals surface area contributed by atoms with E-state index in [1.807, 2.05) is 0 Å². The summed E-state index contributed by atoms with van der Waals surface area (Å²) in [6.45, 7) is 5.69. The monoisotopic (exact) mass is 326 g/mol. The number of carbonyl (C=O) groups is 2. The van der Waals surface area contributed by atoms with Crippen LogP contribution in [0.2, 0.25) is 0 Å². The predicted octanol–water partition coefficient (Wildman–Crippen LogP) is 1.80. The zero-order valence-corrected chi connectivity index (χ0v) is 13.6. The Kier molecular flexibility index (Phi) is 9.44. The van der Waals surface area contributed by atoms with Crippen LogP contribution in [0, 0.1) is 0 Å². The molecule has 0 fully saturated rings. The third-order valence-corrected chi connectivity index (χ3v) is 3.24. The van der Waals surface area contributed by atoms with Crippen LogP contribution in [-0.4, -0.2) is 42.3 Å². The van der Waals surface area contributed by atoms with E-state index in [-0.39, 0.29) is 19.4 Å². The Morgan fingerprint density at radius 2 is 1.67 bits per heavy atom. The standard InChI is InChI=1S/C12H23O8P/c1-5-11(13)17-7-10(19-12(14)6-2)8-18-21(15,16)20-9(3)4/h9-10H,5-8H2,1-4H3,(H,15,16). The Labute approximate surface area is 124 Å². The first kappa shape index (κ1) is 20.1. The molecule has 9 heteroatoms.